The van der Waals surface area contributed by atoms with Gasteiger partial charge in [0.05, 0.1) is 6.54 Å². The monoisotopic (exact) mass is 455 g/mol. The molecule has 1 aromatic heterocycles. The van der Waals surface area contributed by atoms with Gasteiger partial charge in [0.2, 0.25) is 0 Å². The minimum atomic E-state index is 0. The molecule has 0 bridgehead atoms. The Labute approximate surface area is 168 Å². The van der Waals surface area contributed by atoms with Crippen molar-refractivity contribution in [3.63, 3.8) is 0 Å². The molecule has 138 valence electrons. The van der Waals surface area contributed by atoms with Crippen molar-refractivity contribution in [3.05, 3.63) is 53.9 Å². The molecule has 5 nitrogen and oxygen atoms in total. The fourth-order valence-corrected chi connectivity index (χ4v) is 2.63. The lowest BCUT2D eigenvalue weighted by Gasteiger charge is -2.16. The summed E-state index contributed by atoms with van der Waals surface area (Å²) in [5.74, 6) is 1.34. The first kappa shape index (κ1) is 21.5. The van der Waals surface area contributed by atoms with Gasteiger partial charge >= 0.3 is 0 Å². The minimum absolute atomic E-state index is 0. The number of hydrogen-bond acceptors (Lipinski definition) is 2. The summed E-state index contributed by atoms with van der Waals surface area (Å²) < 4.78 is 1.97. The molecule has 0 amide bonds. The topological polar surface area (TPSA) is 54.2 Å². The molecule has 1 aromatic carbocycles. The van der Waals surface area contributed by atoms with Crippen LogP contribution in [0.15, 0.2) is 47.7 Å². The molecular weight excluding hydrogens is 425 g/mol. The molecule has 25 heavy (non-hydrogen) atoms. The van der Waals surface area contributed by atoms with Crippen LogP contribution < -0.4 is 10.6 Å². The van der Waals surface area contributed by atoms with Gasteiger partial charge in [-0.3, -0.25) is 4.68 Å². The molecule has 0 radical (unpaired) electrons. The highest BCUT2D eigenvalue weighted by Crippen LogP contribution is 2.10. The third-order valence-corrected chi connectivity index (χ3v) is 3.93. The van der Waals surface area contributed by atoms with E-state index < -0.39 is 0 Å². The van der Waals surface area contributed by atoms with Crippen LogP contribution in [0.5, 0.6) is 0 Å². The number of benzene rings is 1. The first-order chi connectivity index (χ1) is 11.7. The van der Waals surface area contributed by atoms with Crippen LogP contribution in [-0.4, -0.2) is 28.8 Å². The molecule has 0 spiro atoms. The molecular formula is C19H30IN5. The van der Waals surface area contributed by atoms with Gasteiger partial charge in [0.1, 0.15) is 0 Å². The van der Waals surface area contributed by atoms with Crippen molar-refractivity contribution in [2.75, 3.05) is 13.1 Å². The Morgan fingerprint density at radius 2 is 1.92 bits per heavy atom. The number of hydrogen-bond donors (Lipinski definition) is 2. The smallest absolute Gasteiger partial charge is 0.191 e. The Balaban J connectivity index is 0.00000312. The van der Waals surface area contributed by atoms with Crippen LogP contribution in [0.2, 0.25) is 0 Å². The van der Waals surface area contributed by atoms with E-state index in [1.54, 1.807) is 0 Å². The number of nitrogens with one attached hydrogen (secondary N) is 2. The van der Waals surface area contributed by atoms with Gasteiger partial charge in [-0.25, -0.2) is 4.99 Å². The SMILES string of the molecule is CCNC(=NCc1ccccc1CC)NCC(C)Cn1cccn1.I. The van der Waals surface area contributed by atoms with E-state index in [0.29, 0.717) is 12.5 Å². The van der Waals surface area contributed by atoms with Crippen molar-refractivity contribution in [1.29, 1.82) is 0 Å². The van der Waals surface area contributed by atoms with E-state index in [2.05, 4.69) is 60.8 Å². The molecule has 1 atom stereocenters. The fraction of sp³-hybridized carbons (Fsp3) is 0.474. The van der Waals surface area contributed by atoms with Crippen LogP contribution >= 0.6 is 24.0 Å². The highest BCUT2D eigenvalue weighted by molar-refractivity contribution is 14.0. The summed E-state index contributed by atoms with van der Waals surface area (Å²) in [4.78, 5) is 4.73. The van der Waals surface area contributed by atoms with Crippen LogP contribution in [-0.2, 0) is 19.5 Å². The first-order valence-electron chi connectivity index (χ1n) is 8.79. The molecule has 0 aliphatic rings. The van der Waals surface area contributed by atoms with Crippen LogP contribution in [0.3, 0.4) is 0 Å². The van der Waals surface area contributed by atoms with Crippen LogP contribution in [0.1, 0.15) is 31.9 Å². The van der Waals surface area contributed by atoms with E-state index in [9.17, 15) is 0 Å². The molecule has 0 fully saturated rings. The summed E-state index contributed by atoms with van der Waals surface area (Å²) in [6.07, 6.45) is 4.85. The molecule has 2 rings (SSSR count). The Morgan fingerprint density at radius 3 is 2.56 bits per heavy atom. The van der Waals surface area contributed by atoms with E-state index in [1.165, 1.54) is 11.1 Å². The maximum Gasteiger partial charge on any atom is 0.191 e. The van der Waals surface area contributed by atoms with Gasteiger partial charge in [-0.2, -0.15) is 5.10 Å². The molecule has 2 N–H and O–H groups in total. The molecule has 6 heteroatoms. The summed E-state index contributed by atoms with van der Waals surface area (Å²) in [5.41, 5.74) is 2.66. The highest BCUT2D eigenvalue weighted by Gasteiger charge is 2.06. The molecule has 2 aromatic rings. The number of nitrogens with zero attached hydrogens (tertiary/aromatic N) is 3. The zero-order valence-electron chi connectivity index (χ0n) is 15.4. The summed E-state index contributed by atoms with van der Waals surface area (Å²) in [6.45, 7) is 9.80. The van der Waals surface area contributed by atoms with Crippen LogP contribution in [0.25, 0.3) is 0 Å². The normalized spacial score (nSPS) is 12.4. The van der Waals surface area contributed by atoms with Crippen molar-refractivity contribution in [3.8, 4) is 0 Å². The number of rotatable bonds is 8. The largest absolute Gasteiger partial charge is 0.357 e. The lowest BCUT2D eigenvalue weighted by atomic mass is 10.1. The quantitative estimate of drug-likeness (QED) is 0.364. The Hall–Kier alpha value is -1.57. The number of aliphatic imine (C=N–C) groups is 1. The van der Waals surface area contributed by atoms with E-state index in [-0.39, 0.29) is 24.0 Å². The summed E-state index contributed by atoms with van der Waals surface area (Å²) in [5, 5.41) is 11.0. The van der Waals surface area contributed by atoms with Crippen molar-refractivity contribution in [2.24, 2.45) is 10.9 Å². The molecule has 1 unspecified atom stereocenters. The predicted molar refractivity (Wildman–Crippen MR) is 115 cm³/mol. The Kier molecular flexibility index (Phi) is 10.2. The Morgan fingerprint density at radius 1 is 1.16 bits per heavy atom. The third kappa shape index (κ3) is 7.46. The number of aromatic nitrogens is 2. The van der Waals surface area contributed by atoms with Crippen molar-refractivity contribution in [2.45, 2.75) is 40.3 Å². The van der Waals surface area contributed by atoms with Gasteiger partial charge in [-0.15, -0.1) is 24.0 Å². The van der Waals surface area contributed by atoms with Crippen LogP contribution in [0.4, 0.5) is 0 Å². The van der Waals surface area contributed by atoms with Gasteiger partial charge in [0, 0.05) is 32.0 Å². The number of aryl methyl sites for hydroxylation is 1. The second-order valence-corrected chi connectivity index (χ2v) is 6.03. The van der Waals surface area contributed by atoms with Crippen molar-refractivity contribution < 1.29 is 0 Å². The fourth-order valence-electron chi connectivity index (χ4n) is 2.63. The maximum atomic E-state index is 4.73. The average Bonchev–Trinajstić information content (AvgIpc) is 3.10. The number of halogens is 1. The first-order valence-corrected chi connectivity index (χ1v) is 8.79. The second-order valence-electron chi connectivity index (χ2n) is 6.03. The molecule has 0 aliphatic carbocycles. The van der Waals surface area contributed by atoms with Gasteiger partial charge in [0.25, 0.3) is 0 Å². The van der Waals surface area contributed by atoms with E-state index in [0.717, 1.165) is 32.0 Å². The molecule has 0 aliphatic heterocycles. The maximum absolute atomic E-state index is 4.73. The third-order valence-electron chi connectivity index (χ3n) is 3.93. The van der Waals surface area contributed by atoms with Gasteiger partial charge < -0.3 is 10.6 Å². The molecule has 0 saturated heterocycles. The van der Waals surface area contributed by atoms with E-state index in [4.69, 9.17) is 4.99 Å². The second kappa shape index (κ2) is 11.9. The van der Waals surface area contributed by atoms with E-state index in [1.807, 2.05) is 23.1 Å². The van der Waals surface area contributed by atoms with E-state index >= 15 is 0 Å². The molecule has 0 saturated carbocycles. The lowest BCUT2D eigenvalue weighted by molar-refractivity contribution is 0.443. The summed E-state index contributed by atoms with van der Waals surface area (Å²) in [7, 11) is 0. The summed E-state index contributed by atoms with van der Waals surface area (Å²) >= 11 is 0. The van der Waals surface area contributed by atoms with Crippen LogP contribution in [0, 0.1) is 5.92 Å². The van der Waals surface area contributed by atoms with Crippen molar-refractivity contribution in [1.82, 2.24) is 20.4 Å². The van der Waals surface area contributed by atoms with Gasteiger partial charge in [-0.05, 0) is 36.5 Å². The van der Waals surface area contributed by atoms with Gasteiger partial charge in [0.15, 0.2) is 5.96 Å². The number of guanidine groups is 1. The average molecular weight is 455 g/mol. The molecule has 1 heterocycles. The minimum Gasteiger partial charge on any atom is -0.357 e. The standard InChI is InChI=1S/C19H29N5.HI/c1-4-17-9-6-7-10-18(17)14-22-19(20-5-2)21-13-16(3)15-24-12-8-11-23-24;/h6-12,16H,4-5,13-15H2,1-3H3,(H2,20,21,22);1H. The zero-order chi connectivity index (χ0) is 17.2. The highest BCUT2D eigenvalue weighted by atomic mass is 127. The predicted octanol–water partition coefficient (Wildman–Crippen LogP) is 3.45. The lowest BCUT2D eigenvalue weighted by Crippen LogP contribution is -2.40. The van der Waals surface area contributed by atoms with Gasteiger partial charge in [-0.1, -0.05) is 38.1 Å². The van der Waals surface area contributed by atoms with Crippen molar-refractivity contribution >= 4 is 29.9 Å². The Bertz CT molecular complexity index is 625. The zero-order valence-corrected chi connectivity index (χ0v) is 17.7. The summed E-state index contributed by atoms with van der Waals surface area (Å²) in [6, 6.07) is 10.5.